The zero-order valence-electron chi connectivity index (χ0n) is 10.9. The summed E-state index contributed by atoms with van der Waals surface area (Å²) in [7, 11) is -1.24. The highest BCUT2D eigenvalue weighted by atomic mass is 32.2. The van der Waals surface area contributed by atoms with Gasteiger partial charge in [0.15, 0.2) is 0 Å². The molecule has 0 amide bonds. The van der Waals surface area contributed by atoms with E-state index in [2.05, 4.69) is 0 Å². The van der Waals surface area contributed by atoms with Crippen molar-refractivity contribution in [1.29, 1.82) is 0 Å². The average molecular weight is 305 g/mol. The van der Waals surface area contributed by atoms with Gasteiger partial charge in [0, 0.05) is 17.5 Å². The molecule has 6 heteroatoms. The molecule has 0 radical (unpaired) electrons. The van der Waals surface area contributed by atoms with E-state index in [4.69, 9.17) is 0 Å². The van der Waals surface area contributed by atoms with Crippen LogP contribution >= 0.6 is 0 Å². The zero-order valence-corrected chi connectivity index (χ0v) is 11.8. The highest BCUT2D eigenvalue weighted by molar-refractivity contribution is 7.87. The lowest BCUT2D eigenvalue weighted by molar-refractivity contribution is -0.384. The number of halogens is 1. The summed E-state index contributed by atoms with van der Waals surface area (Å²) in [5.41, 5.74) is 1.52. The first-order valence-electron chi connectivity index (χ1n) is 6.09. The van der Waals surface area contributed by atoms with Crippen LogP contribution in [-0.2, 0) is 16.6 Å². The molecule has 2 aromatic carbocycles. The monoisotopic (exact) mass is 305 g/mol. The number of hydrogen-bond donors (Lipinski definition) is 0. The Labute approximate surface area is 123 Å². The van der Waals surface area contributed by atoms with Gasteiger partial charge >= 0.3 is 0 Å². The molecule has 2 aromatic rings. The molecule has 0 saturated heterocycles. The van der Waals surface area contributed by atoms with Crippen LogP contribution in [0.2, 0.25) is 0 Å². The van der Waals surface area contributed by atoms with Gasteiger partial charge in [-0.3, -0.25) is 14.3 Å². The van der Waals surface area contributed by atoms with Crippen molar-refractivity contribution < 1.29 is 13.5 Å². The van der Waals surface area contributed by atoms with Crippen LogP contribution in [0.5, 0.6) is 0 Å². The molecule has 0 N–H and O–H groups in total. The number of benzene rings is 2. The second kappa shape index (κ2) is 6.90. The van der Waals surface area contributed by atoms with E-state index >= 15 is 0 Å². The molecule has 1 unspecified atom stereocenters. The number of hydrogen-bond acceptors (Lipinski definition) is 3. The molecule has 2 rings (SSSR count). The number of nitro groups is 1. The Kier molecular flexibility index (Phi) is 4.94. The molecule has 21 heavy (non-hydrogen) atoms. The lowest BCUT2D eigenvalue weighted by Gasteiger charge is -1.98. The molecule has 0 fully saturated rings. The Bertz CT molecular complexity index is 681. The first kappa shape index (κ1) is 15.1. The largest absolute Gasteiger partial charge is 0.269 e. The van der Waals surface area contributed by atoms with Crippen LogP contribution in [0.25, 0.3) is 6.08 Å². The molecule has 0 spiro atoms. The summed E-state index contributed by atoms with van der Waals surface area (Å²) in [6, 6.07) is 11.8. The van der Waals surface area contributed by atoms with Gasteiger partial charge in [0.1, 0.15) is 5.82 Å². The topological polar surface area (TPSA) is 60.2 Å². The Morgan fingerprint density at radius 1 is 1.10 bits per heavy atom. The van der Waals surface area contributed by atoms with Crippen molar-refractivity contribution in [3.63, 3.8) is 0 Å². The predicted octanol–water partition coefficient (Wildman–Crippen LogP) is 3.65. The third-order valence-electron chi connectivity index (χ3n) is 2.74. The standard InChI is InChI=1S/C15H12FNO3S/c16-14-5-1-12(2-6-14)9-10-21(20)11-13-3-7-15(8-4-13)17(18)19/h1-10H,11H2. The quantitative estimate of drug-likeness (QED) is 0.625. The van der Waals surface area contributed by atoms with E-state index in [9.17, 15) is 18.7 Å². The molecule has 0 aliphatic rings. The Hall–Kier alpha value is -2.34. The summed E-state index contributed by atoms with van der Waals surface area (Å²) in [6.07, 6.45) is 1.65. The first-order valence-corrected chi connectivity index (χ1v) is 7.47. The lowest BCUT2D eigenvalue weighted by Crippen LogP contribution is -1.93. The molecule has 0 heterocycles. The molecule has 1 atom stereocenters. The van der Waals surface area contributed by atoms with E-state index in [0.29, 0.717) is 0 Å². The van der Waals surface area contributed by atoms with Gasteiger partial charge in [0.2, 0.25) is 0 Å². The minimum Gasteiger partial charge on any atom is -0.258 e. The number of nitro benzene ring substituents is 1. The van der Waals surface area contributed by atoms with Crippen LogP contribution in [0.1, 0.15) is 11.1 Å². The number of nitrogens with zero attached hydrogens (tertiary/aromatic N) is 1. The van der Waals surface area contributed by atoms with Crippen LogP contribution in [0.15, 0.2) is 53.9 Å². The van der Waals surface area contributed by atoms with E-state index < -0.39 is 15.7 Å². The van der Waals surface area contributed by atoms with Gasteiger partial charge in [0.25, 0.3) is 5.69 Å². The van der Waals surface area contributed by atoms with Crippen LogP contribution in [0.3, 0.4) is 0 Å². The van der Waals surface area contributed by atoms with Gasteiger partial charge in [0.05, 0.1) is 21.5 Å². The van der Waals surface area contributed by atoms with Gasteiger partial charge in [-0.05, 0) is 29.3 Å². The summed E-state index contributed by atoms with van der Waals surface area (Å²) in [5, 5.41) is 12.0. The van der Waals surface area contributed by atoms with Crippen molar-refractivity contribution in [3.05, 3.63) is 81.0 Å². The van der Waals surface area contributed by atoms with Crippen LogP contribution in [0.4, 0.5) is 10.1 Å². The molecule has 0 aromatic heterocycles. The average Bonchev–Trinajstić information content (AvgIpc) is 2.47. The minimum atomic E-state index is -1.24. The molecule has 4 nitrogen and oxygen atoms in total. The van der Waals surface area contributed by atoms with E-state index in [1.54, 1.807) is 30.3 Å². The third-order valence-corrected chi connectivity index (χ3v) is 3.80. The fourth-order valence-electron chi connectivity index (χ4n) is 1.65. The Morgan fingerprint density at radius 2 is 1.71 bits per heavy atom. The van der Waals surface area contributed by atoms with Crippen molar-refractivity contribution in [2.24, 2.45) is 0 Å². The first-order chi connectivity index (χ1) is 10.0. The zero-order chi connectivity index (χ0) is 15.2. The Balaban J connectivity index is 1.98. The van der Waals surface area contributed by atoms with Crippen LogP contribution < -0.4 is 0 Å². The highest BCUT2D eigenvalue weighted by Crippen LogP contribution is 2.14. The highest BCUT2D eigenvalue weighted by Gasteiger charge is 2.05. The van der Waals surface area contributed by atoms with Crippen molar-refractivity contribution in [1.82, 2.24) is 0 Å². The lowest BCUT2D eigenvalue weighted by atomic mass is 10.2. The van der Waals surface area contributed by atoms with Gasteiger partial charge < -0.3 is 0 Å². The molecule has 0 aliphatic carbocycles. The van der Waals surface area contributed by atoms with Crippen molar-refractivity contribution >= 4 is 22.6 Å². The molecular weight excluding hydrogens is 293 g/mol. The van der Waals surface area contributed by atoms with Gasteiger partial charge in [-0.25, -0.2) is 4.39 Å². The summed E-state index contributed by atoms with van der Waals surface area (Å²) in [5.74, 6) is -0.0467. The fourth-order valence-corrected chi connectivity index (χ4v) is 2.58. The number of non-ortho nitro benzene ring substituents is 1. The maximum atomic E-state index is 12.7. The van der Waals surface area contributed by atoms with Crippen LogP contribution in [-0.4, -0.2) is 9.13 Å². The maximum Gasteiger partial charge on any atom is 0.269 e. The molecule has 0 saturated carbocycles. The molecule has 0 bridgehead atoms. The molecule has 108 valence electrons. The second-order valence-corrected chi connectivity index (χ2v) is 5.63. The second-order valence-electron chi connectivity index (χ2n) is 4.30. The summed E-state index contributed by atoms with van der Waals surface area (Å²) >= 11 is 0. The normalized spacial score (nSPS) is 12.4. The van der Waals surface area contributed by atoms with Crippen molar-refractivity contribution in [2.45, 2.75) is 5.75 Å². The van der Waals surface area contributed by atoms with E-state index in [0.717, 1.165) is 11.1 Å². The van der Waals surface area contributed by atoms with Crippen molar-refractivity contribution in [3.8, 4) is 0 Å². The van der Waals surface area contributed by atoms with E-state index in [1.807, 2.05) is 0 Å². The number of rotatable bonds is 5. The predicted molar refractivity (Wildman–Crippen MR) is 80.4 cm³/mol. The van der Waals surface area contributed by atoms with E-state index in [-0.39, 0.29) is 17.3 Å². The summed E-state index contributed by atoms with van der Waals surface area (Å²) in [6.45, 7) is 0. The minimum absolute atomic E-state index is 0.00591. The van der Waals surface area contributed by atoms with Gasteiger partial charge in [-0.1, -0.05) is 24.3 Å². The van der Waals surface area contributed by atoms with E-state index in [1.165, 1.54) is 29.7 Å². The summed E-state index contributed by atoms with van der Waals surface area (Å²) < 4.78 is 24.6. The third kappa shape index (κ3) is 4.61. The fraction of sp³-hybridized carbons (Fsp3) is 0.0667. The molecular formula is C15H12FNO3S. The molecule has 0 aliphatic heterocycles. The van der Waals surface area contributed by atoms with Crippen LogP contribution in [0, 0.1) is 15.9 Å². The van der Waals surface area contributed by atoms with Gasteiger partial charge in [-0.15, -0.1) is 0 Å². The van der Waals surface area contributed by atoms with Gasteiger partial charge in [-0.2, -0.15) is 0 Å². The summed E-state index contributed by atoms with van der Waals surface area (Å²) in [4.78, 5) is 10.0. The van der Waals surface area contributed by atoms with Crippen molar-refractivity contribution in [2.75, 3.05) is 0 Å². The smallest absolute Gasteiger partial charge is 0.258 e. The SMILES string of the molecule is O=[N+]([O-])c1ccc(CS(=O)C=Cc2ccc(F)cc2)cc1. The maximum absolute atomic E-state index is 12.7. The Morgan fingerprint density at radius 3 is 2.29 bits per heavy atom.